The number of ether oxygens (including phenoxy) is 1. The van der Waals surface area contributed by atoms with Crippen molar-refractivity contribution in [3.63, 3.8) is 0 Å². The number of carbonyl (C=O) groups excluding carboxylic acids is 1. The van der Waals surface area contributed by atoms with Crippen LogP contribution >= 0.6 is 0 Å². The molecule has 0 radical (unpaired) electrons. The Morgan fingerprint density at radius 3 is 3.05 bits per heavy atom. The van der Waals surface area contributed by atoms with Crippen molar-refractivity contribution in [1.29, 1.82) is 0 Å². The van der Waals surface area contributed by atoms with Crippen molar-refractivity contribution in [2.24, 2.45) is 11.7 Å². The molecule has 1 heterocycles. The number of piperidine rings is 1. The van der Waals surface area contributed by atoms with Crippen molar-refractivity contribution in [2.45, 2.75) is 25.4 Å². The SMILES string of the molecule is NCCC(O)c1cccc(OCC2CCC(=O)NC2)c1. The molecule has 0 aliphatic carbocycles. The molecule has 2 atom stereocenters. The Labute approximate surface area is 119 Å². The van der Waals surface area contributed by atoms with Crippen LogP contribution < -0.4 is 15.8 Å². The molecule has 110 valence electrons. The molecule has 0 bridgehead atoms. The van der Waals surface area contributed by atoms with Crippen molar-refractivity contribution < 1.29 is 14.6 Å². The predicted molar refractivity (Wildman–Crippen MR) is 76.3 cm³/mol. The largest absolute Gasteiger partial charge is 0.493 e. The van der Waals surface area contributed by atoms with Crippen molar-refractivity contribution in [3.8, 4) is 5.75 Å². The lowest BCUT2D eigenvalue weighted by atomic mass is 10.0. The van der Waals surface area contributed by atoms with Gasteiger partial charge in [0.15, 0.2) is 0 Å². The molecule has 4 N–H and O–H groups in total. The van der Waals surface area contributed by atoms with Gasteiger partial charge in [-0.1, -0.05) is 12.1 Å². The van der Waals surface area contributed by atoms with E-state index < -0.39 is 6.10 Å². The molecule has 0 saturated carbocycles. The third-order valence-electron chi connectivity index (χ3n) is 3.54. The van der Waals surface area contributed by atoms with Gasteiger partial charge in [0.25, 0.3) is 0 Å². The van der Waals surface area contributed by atoms with Crippen molar-refractivity contribution in [1.82, 2.24) is 5.32 Å². The maximum Gasteiger partial charge on any atom is 0.220 e. The maximum absolute atomic E-state index is 11.1. The number of rotatable bonds is 6. The summed E-state index contributed by atoms with van der Waals surface area (Å²) in [6.07, 6.45) is 1.43. The highest BCUT2D eigenvalue weighted by atomic mass is 16.5. The number of aliphatic hydroxyl groups excluding tert-OH is 1. The van der Waals surface area contributed by atoms with Gasteiger partial charge in [-0.25, -0.2) is 0 Å². The van der Waals surface area contributed by atoms with E-state index in [0.29, 0.717) is 38.5 Å². The zero-order valence-electron chi connectivity index (χ0n) is 11.5. The second-order valence-corrected chi connectivity index (χ2v) is 5.19. The van der Waals surface area contributed by atoms with Gasteiger partial charge in [0, 0.05) is 18.9 Å². The van der Waals surface area contributed by atoms with E-state index in [2.05, 4.69) is 5.32 Å². The zero-order valence-corrected chi connectivity index (χ0v) is 11.5. The molecule has 1 amide bonds. The number of hydrogen-bond donors (Lipinski definition) is 3. The summed E-state index contributed by atoms with van der Waals surface area (Å²) in [5.74, 6) is 1.22. The van der Waals surface area contributed by atoms with Gasteiger partial charge in [-0.2, -0.15) is 0 Å². The lowest BCUT2D eigenvalue weighted by Crippen LogP contribution is -2.37. The smallest absolute Gasteiger partial charge is 0.220 e. The highest BCUT2D eigenvalue weighted by Gasteiger charge is 2.18. The molecule has 0 aromatic heterocycles. The Bertz CT molecular complexity index is 440. The van der Waals surface area contributed by atoms with Gasteiger partial charge in [0.1, 0.15) is 5.75 Å². The van der Waals surface area contributed by atoms with Crippen LogP contribution in [0, 0.1) is 5.92 Å². The van der Waals surface area contributed by atoms with Crippen LogP contribution in [-0.4, -0.2) is 30.7 Å². The number of carbonyl (C=O) groups is 1. The standard InChI is InChI=1S/C15H22N2O3/c16-7-6-14(18)12-2-1-3-13(8-12)20-10-11-4-5-15(19)17-9-11/h1-3,8,11,14,18H,4-7,9-10,16H2,(H,17,19). The Balaban J connectivity index is 1.86. The molecule has 5 nitrogen and oxygen atoms in total. The molecule has 1 aliphatic heterocycles. The minimum atomic E-state index is -0.544. The fourth-order valence-corrected chi connectivity index (χ4v) is 2.28. The summed E-state index contributed by atoms with van der Waals surface area (Å²) in [5, 5.41) is 12.7. The molecular formula is C15H22N2O3. The van der Waals surface area contributed by atoms with E-state index in [0.717, 1.165) is 17.7 Å². The monoisotopic (exact) mass is 278 g/mol. The van der Waals surface area contributed by atoms with Crippen LogP contribution in [0.3, 0.4) is 0 Å². The Kier molecular flexibility index (Phi) is 5.38. The highest BCUT2D eigenvalue weighted by Crippen LogP contribution is 2.22. The lowest BCUT2D eigenvalue weighted by Gasteiger charge is -2.22. The quantitative estimate of drug-likeness (QED) is 0.724. The van der Waals surface area contributed by atoms with E-state index in [9.17, 15) is 9.90 Å². The van der Waals surface area contributed by atoms with E-state index in [4.69, 9.17) is 10.5 Å². The topological polar surface area (TPSA) is 84.6 Å². The van der Waals surface area contributed by atoms with E-state index in [1.165, 1.54) is 0 Å². The Morgan fingerprint density at radius 2 is 2.35 bits per heavy atom. The van der Waals surface area contributed by atoms with Gasteiger partial charge in [-0.15, -0.1) is 0 Å². The second kappa shape index (κ2) is 7.26. The van der Waals surface area contributed by atoms with E-state index in [1.54, 1.807) is 0 Å². The molecule has 1 aromatic carbocycles. The van der Waals surface area contributed by atoms with Gasteiger partial charge >= 0.3 is 0 Å². The molecule has 1 saturated heterocycles. The van der Waals surface area contributed by atoms with Crippen LogP contribution in [0.4, 0.5) is 0 Å². The first-order chi connectivity index (χ1) is 9.69. The summed E-state index contributed by atoms with van der Waals surface area (Å²) >= 11 is 0. The van der Waals surface area contributed by atoms with Crippen LogP contribution in [-0.2, 0) is 4.79 Å². The van der Waals surface area contributed by atoms with Gasteiger partial charge in [-0.05, 0) is 37.1 Å². The second-order valence-electron chi connectivity index (χ2n) is 5.19. The normalized spacial score (nSPS) is 20.3. The lowest BCUT2D eigenvalue weighted by molar-refractivity contribution is -0.123. The number of aliphatic hydroxyl groups is 1. The maximum atomic E-state index is 11.1. The minimum Gasteiger partial charge on any atom is -0.493 e. The van der Waals surface area contributed by atoms with E-state index in [-0.39, 0.29) is 5.91 Å². The van der Waals surface area contributed by atoms with Crippen LogP contribution in [0.15, 0.2) is 24.3 Å². The molecule has 1 fully saturated rings. The fourth-order valence-electron chi connectivity index (χ4n) is 2.28. The molecule has 20 heavy (non-hydrogen) atoms. The molecule has 0 spiro atoms. The van der Waals surface area contributed by atoms with Gasteiger partial charge in [0.2, 0.25) is 5.91 Å². The number of nitrogens with two attached hydrogens (primary N) is 1. The molecular weight excluding hydrogens is 256 g/mol. The number of hydrogen-bond acceptors (Lipinski definition) is 4. The van der Waals surface area contributed by atoms with Crippen molar-refractivity contribution in [2.75, 3.05) is 19.7 Å². The summed E-state index contributed by atoms with van der Waals surface area (Å²) in [5.41, 5.74) is 6.27. The fraction of sp³-hybridized carbons (Fsp3) is 0.533. The molecule has 2 unspecified atom stereocenters. The van der Waals surface area contributed by atoms with Crippen molar-refractivity contribution >= 4 is 5.91 Å². The van der Waals surface area contributed by atoms with Gasteiger partial charge < -0.3 is 20.9 Å². The third-order valence-corrected chi connectivity index (χ3v) is 3.54. The highest BCUT2D eigenvalue weighted by molar-refractivity contribution is 5.76. The van der Waals surface area contributed by atoms with Crippen LogP contribution in [0.25, 0.3) is 0 Å². The van der Waals surface area contributed by atoms with E-state index in [1.807, 2.05) is 24.3 Å². The predicted octanol–water partition coefficient (Wildman–Crippen LogP) is 0.974. The number of nitrogens with one attached hydrogen (secondary N) is 1. The molecule has 5 heteroatoms. The molecule has 2 rings (SSSR count). The minimum absolute atomic E-state index is 0.119. The van der Waals surface area contributed by atoms with Crippen LogP contribution in [0.1, 0.15) is 30.9 Å². The van der Waals surface area contributed by atoms with Gasteiger partial charge in [0.05, 0.1) is 12.7 Å². The number of amides is 1. The summed E-state index contributed by atoms with van der Waals surface area (Å²) in [6.45, 7) is 1.71. The zero-order chi connectivity index (χ0) is 14.4. The molecule has 1 aromatic rings. The van der Waals surface area contributed by atoms with Crippen LogP contribution in [0.2, 0.25) is 0 Å². The van der Waals surface area contributed by atoms with E-state index >= 15 is 0 Å². The third kappa shape index (κ3) is 4.21. The Hall–Kier alpha value is -1.59. The molecule has 1 aliphatic rings. The first-order valence-corrected chi connectivity index (χ1v) is 7.06. The first kappa shape index (κ1) is 14.8. The van der Waals surface area contributed by atoms with Gasteiger partial charge in [-0.3, -0.25) is 4.79 Å². The average Bonchev–Trinajstić information content (AvgIpc) is 2.47. The average molecular weight is 278 g/mol. The summed E-state index contributed by atoms with van der Waals surface area (Å²) < 4.78 is 5.76. The van der Waals surface area contributed by atoms with Crippen molar-refractivity contribution in [3.05, 3.63) is 29.8 Å². The Morgan fingerprint density at radius 1 is 1.50 bits per heavy atom. The summed E-state index contributed by atoms with van der Waals surface area (Å²) in [6, 6.07) is 7.46. The van der Waals surface area contributed by atoms with Crippen LogP contribution in [0.5, 0.6) is 5.75 Å². The summed E-state index contributed by atoms with van der Waals surface area (Å²) in [4.78, 5) is 11.1. The summed E-state index contributed by atoms with van der Waals surface area (Å²) in [7, 11) is 0. The number of benzene rings is 1. The first-order valence-electron chi connectivity index (χ1n) is 7.06.